The van der Waals surface area contributed by atoms with E-state index < -0.39 is 0 Å². The van der Waals surface area contributed by atoms with Crippen molar-refractivity contribution in [2.45, 2.75) is 51.5 Å². The maximum absolute atomic E-state index is 3.65. The fourth-order valence-corrected chi connectivity index (χ4v) is 3.39. The van der Waals surface area contributed by atoms with E-state index in [0.717, 1.165) is 12.5 Å². The van der Waals surface area contributed by atoms with Crippen LogP contribution in [0.5, 0.6) is 0 Å². The quantitative estimate of drug-likeness (QED) is 0.762. The largest absolute Gasteiger partial charge is 0.381 e. The average molecular weight is 279 g/mol. The summed E-state index contributed by atoms with van der Waals surface area (Å²) >= 11 is 0. The Morgan fingerprint density at radius 3 is 2.48 bits per heavy atom. The topological polar surface area (TPSA) is 12.0 Å². The third-order valence-corrected chi connectivity index (χ3v) is 4.58. The number of benzene rings is 2. The first-order valence-electron chi connectivity index (χ1n) is 8.21. The summed E-state index contributed by atoms with van der Waals surface area (Å²) in [5.74, 6) is 0.747. The smallest absolute Gasteiger partial charge is 0.0400 e. The molecule has 0 aromatic heterocycles. The first-order chi connectivity index (χ1) is 10.3. The highest BCUT2D eigenvalue weighted by Gasteiger charge is 2.18. The molecule has 2 aromatic carbocycles. The third kappa shape index (κ3) is 3.66. The van der Waals surface area contributed by atoms with Crippen LogP contribution in [0.4, 0.5) is 5.69 Å². The number of anilines is 1. The van der Waals surface area contributed by atoms with E-state index in [2.05, 4.69) is 60.8 Å². The fraction of sp³-hybridized carbons (Fsp3) is 0.400. The van der Waals surface area contributed by atoms with E-state index in [-0.39, 0.29) is 0 Å². The summed E-state index contributed by atoms with van der Waals surface area (Å²) in [6.07, 6.45) is 6.88. The van der Waals surface area contributed by atoms with Gasteiger partial charge in [-0.05, 0) is 42.9 Å². The Morgan fingerprint density at radius 2 is 1.71 bits per heavy atom. The predicted molar refractivity (Wildman–Crippen MR) is 90.8 cm³/mol. The lowest BCUT2D eigenvalue weighted by Gasteiger charge is -2.25. The number of nitrogens with one attached hydrogen (secondary N) is 1. The number of rotatable bonds is 4. The van der Waals surface area contributed by atoms with Gasteiger partial charge < -0.3 is 5.32 Å². The van der Waals surface area contributed by atoms with Crippen LogP contribution < -0.4 is 5.32 Å². The molecule has 0 amide bonds. The molecule has 1 saturated carbocycles. The van der Waals surface area contributed by atoms with Crippen LogP contribution in [0.3, 0.4) is 0 Å². The van der Waals surface area contributed by atoms with Crippen LogP contribution in [-0.2, 0) is 6.54 Å². The normalized spacial score (nSPS) is 15.9. The van der Waals surface area contributed by atoms with Crippen LogP contribution in [0, 0.1) is 6.92 Å². The molecule has 3 rings (SSSR count). The zero-order valence-electron chi connectivity index (χ0n) is 12.9. The van der Waals surface area contributed by atoms with Crippen molar-refractivity contribution in [2.24, 2.45) is 0 Å². The average Bonchev–Trinajstić information content (AvgIpc) is 2.55. The van der Waals surface area contributed by atoms with E-state index in [0.29, 0.717) is 0 Å². The molecule has 0 heterocycles. The van der Waals surface area contributed by atoms with Crippen molar-refractivity contribution < 1.29 is 0 Å². The highest BCUT2D eigenvalue weighted by Crippen LogP contribution is 2.37. The molecule has 1 aliphatic rings. The van der Waals surface area contributed by atoms with Crippen molar-refractivity contribution in [1.82, 2.24) is 0 Å². The first kappa shape index (κ1) is 14.2. The molecular formula is C20H25N. The Bertz CT molecular complexity index is 568. The molecule has 1 nitrogen and oxygen atoms in total. The van der Waals surface area contributed by atoms with Gasteiger partial charge >= 0.3 is 0 Å². The molecule has 1 aliphatic carbocycles. The summed E-state index contributed by atoms with van der Waals surface area (Å²) in [6.45, 7) is 3.11. The maximum atomic E-state index is 3.65. The molecule has 0 saturated heterocycles. The lowest BCUT2D eigenvalue weighted by atomic mass is 9.83. The minimum Gasteiger partial charge on any atom is -0.381 e. The summed E-state index contributed by atoms with van der Waals surface area (Å²) in [5.41, 5.74) is 5.58. The van der Waals surface area contributed by atoms with Crippen molar-refractivity contribution in [3.8, 4) is 0 Å². The van der Waals surface area contributed by atoms with Gasteiger partial charge in [0.1, 0.15) is 0 Å². The molecule has 0 spiro atoms. The van der Waals surface area contributed by atoms with Crippen LogP contribution >= 0.6 is 0 Å². The Labute approximate surface area is 128 Å². The van der Waals surface area contributed by atoms with Crippen LogP contribution in [-0.4, -0.2) is 0 Å². The van der Waals surface area contributed by atoms with E-state index in [9.17, 15) is 0 Å². The van der Waals surface area contributed by atoms with Crippen LogP contribution in [0.25, 0.3) is 0 Å². The minimum absolute atomic E-state index is 0.747. The second-order valence-electron chi connectivity index (χ2n) is 6.26. The van der Waals surface area contributed by atoms with Gasteiger partial charge in [0.25, 0.3) is 0 Å². The van der Waals surface area contributed by atoms with Gasteiger partial charge in [0.05, 0.1) is 0 Å². The zero-order chi connectivity index (χ0) is 14.5. The molecular weight excluding hydrogens is 254 g/mol. The minimum atomic E-state index is 0.747. The third-order valence-electron chi connectivity index (χ3n) is 4.58. The van der Waals surface area contributed by atoms with Gasteiger partial charge in [0, 0.05) is 12.2 Å². The van der Waals surface area contributed by atoms with Crippen molar-refractivity contribution >= 4 is 5.69 Å². The molecule has 1 fully saturated rings. The number of hydrogen-bond acceptors (Lipinski definition) is 1. The monoisotopic (exact) mass is 279 g/mol. The molecule has 1 heteroatoms. The summed E-state index contributed by atoms with van der Waals surface area (Å²) in [5, 5.41) is 3.65. The van der Waals surface area contributed by atoms with Crippen molar-refractivity contribution in [2.75, 3.05) is 5.32 Å². The van der Waals surface area contributed by atoms with E-state index in [1.807, 2.05) is 0 Å². The predicted octanol–water partition coefficient (Wildman–Crippen LogP) is 5.65. The Hall–Kier alpha value is -1.76. The van der Waals surface area contributed by atoms with Gasteiger partial charge in [0.2, 0.25) is 0 Å². The summed E-state index contributed by atoms with van der Waals surface area (Å²) in [7, 11) is 0. The standard InChI is InChI=1S/C20H25N/c1-16-12-13-20(21-15-17-8-4-2-5-9-17)19(14-16)18-10-6-3-7-11-18/h2,4-5,8-9,12-14,18,21H,3,6-7,10-11,15H2,1H3. The fourth-order valence-electron chi connectivity index (χ4n) is 3.39. The van der Waals surface area contributed by atoms with Gasteiger partial charge in [-0.1, -0.05) is 67.3 Å². The highest BCUT2D eigenvalue weighted by molar-refractivity contribution is 5.54. The van der Waals surface area contributed by atoms with Gasteiger partial charge in [-0.25, -0.2) is 0 Å². The van der Waals surface area contributed by atoms with E-state index >= 15 is 0 Å². The lowest BCUT2D eigenvalue weighted by Crippen LogP contribution is -2.09. The molecule has 0 atom stereocenters. The van der Waals surface area contributed by atoms with Gasteiger partial charge in [0.15, 0.2) is 0 Å². The number of aryl methyl sites for hydroxylation is 1. The van der Waals surface area contributed by atoms with Gasteiger partial charge in [-0.2, -0.15) is 0 Å². The van der Waals surface area contributed by atoms with E-state index in [1.165, 1.54) is 54.5 Å². The van der Waals surface area contributed by atoms with Gasteiger partial charge in [-0.3, -0.25) is 0 Å². The summed E-state index contributed by atoms with van der Waals surface area (Å²) < 4.78 is 0. The van der Waals surface area contributed by atoms with E-state index in [1.54, 1.807) is 0 Å². The first-order valence-corrected chi connectivity index (χ1v) is 8.21. The summed E-state index contributed by atoms with van der Waals surface area (Å²) in [6, 6.07) is 17.5. The lowest BCUT2D eigenvalue weighted by molar-refractivity contribution is 0.444. The molecule has 2 aromatic rings. The Balaban J connectivity index is 1.77. The van der Waals surface area contributed by atoms with Crippen molar-refractivity contribution in [3.63, 3.8) is 0 Å². The molecule has 0 bridgehead atoms. The molecule has 0 radical (unpaired) electrons. The van der Waals surface area contributed by atoms with Crippen LogP contribution in [0.1, 0.15) is 54.7 Å². The molecule has 0 aliphatic heterocycles. The molecule has 110 valence electrons. The molecule has 21 heavy (non-hydrogen) atoms. The van der Waals surface area contributed by atoms with Crippen LogP contribution in [0.2, 0.25) is 0 Å². The maximum Gasteiger partial charge on any atom is 0.0400 e. The second kappa shape index (κ2) is 6.80. The molecule has 0 unspecified atom stereocenters. The SMILES string of the molecule is Cc1ccc(NCc2ccccc2)c(C2CCCCC2)c1. The van der Waals surface area contributed by atoms with Crippen molar-refractivity contribution in [3.05, 3.63) is 65.2 Å². The highest BCUT2D eigenvalue weighted by atomic mass is 14.9. The number of hydrogen-bond donors (Lipinski definition) is 1. The van der Waals surface area contributed by atoms with Crippen LogP contribution in [0.15, 0.2) is 48.5 Å². The Kier molecular flexibility index (Phi) is 4.59. The van der Waals surface area contributed by atoms with Crippen molar-refractivity contribution in [1.29, 1.82) is 0 Å². The van der Waals surface area contributed by atoms with E-state index in [4.69, 9.17) is 0 Å². The molecule has 1 N–H and O–H groups in total. The Morgan fingerprint density at radius 1 is 0.952 bits per heavy atom. The van der Waals surface area contributed by atoms with Gasteiger partial charge in [-0.15, -0.1) is 0 Å². The summed E-state index contributed by atoms with van der Waals surface area (Å²) in [4.78, 5) is 0. The zero-order valence-corrected chi connectivity index (χ0v) is 12.9. The second-order valence-corrected chi connectivity index (χ2v) is 6.26.